The highest BCUT2D eigenvalue weighted by atomic mass is 79.9. The summed E-state index contributed by atoms with van der Waals surface area (Å²) >= 11 is 3.33. The van der Waals surface area contributed by atoms with Crippen LogP contribution in [0.3, 0.4) is 0 Å². The molecule has 0 atom stereocenters. The first-order valence-corrected chi connectivity index (χ1v) is 7.79. The van der Waals surface area contributed by atoms with Crippen molar-refractivity contribution in [3.8, 4) is 0 Å². The average molecular weight is 376 g/mol. The van der Waals surface area contributed by atoms with E-state index in [1.54, 1.807) is 24.5 Å². The molecule has 2 heterocycles. The van der Waals surface area contributed by atoms with Crippen LogP contribution >= 0.6 is 15.9 Å². The van der Waals surface area contributed by atoms with Crippen molar-refractivity contribution in [3.05, 3.63) is 47.0 Å². The molecule has 0 spiro atoms. The highest BCUT2D eigenvalue weighted by Gasteiger charge is 2.11. The van der Waals surface area contributed by atoms with Gasteiger partial charge < -0.3 is 15.0 Å². The Morgan fingerprint density at radius 1 is 1.26 bits per heavy atom. The molecule has 2 N–H and O–H groups in total. The van der Waals surface area contributed by atoms with Gasteiger partial charge in [-0.2, -0.15) is 0 Å². The number of ether oxygens (including phenoxy) is 1. The fourth-order valence-electron chi connectivity index (χ4n) is 2.17. The predicted molar refractivity (Wildman–Crippen MR) is 88.8 cm³/mol. The van der Waals surface area contributed by atoms with Crippen LogP contribution in [0.5, 0.6) is 0 Å². The second-order valence-electron chi connectivity index (χ2n) is 4.84. The number of benzene rings is 1. The molecular weight excluding hydrogens is 362 g/mol. The zero-order valence-corrected chi connectivity index (χ0v) is 13.7. The van der Waals surface area contributed by atoms with E-state index in [9.17, 15) is 4.79 Å². The quantitative estimate of drug-likeness (QED) is 0.543. The largest absolute Gasteiger partial charge is 0.462 e. The normalized spacial score (nSPS) is 10.8. The lowest BCUT2D eigenvalue weighted by atomic mass is 10.2. The summed E-state index contributed by atoms with van der Waals surface area (Å²) in [7, 11) is 0. The lowest BCUT2D eigenvalue weighted by Crippen LogP contribution is -2.09. The van der Waals surface area contributed by atoms with Crippen LogP contribution < -0.4 is 5.73 Å². The number of carbonyl (C=O) groups is 1. The summed E-state index contributed by atoms with van der Waals surface area (Å²) in [6.45, 7) is 0.927. The Morgan fingerprint density at radius 3 is 2.91 bits per heavy atom. The smallest absolute Gasteiger partial charge is 0.339 e. The van der Waals surface area contributed by atoms with Gasteiger partial charge in [-0.3, -0.25) is 0 Å². The average Bonchev–Trinajstić information content (AvgIpc) is 2.96. The summed E-state index contributed by atoms with van der Waals surface area (Å²) in [6, 6.07) is 7.16. The number of imidazole rings is 1. The van der Waals surface area contributed by atoms with Crippen molar-refractivity contribution in [2.24, 2.45) is 0 Å². The van der Waals surface area contributed by atoms with Gasteiger partial charge in [0.05, 0.1) is 18.5 Å². The van der Waals surface area contributed by atoms with E-state index in [-0.39, 0.29) is 5.97 Å². The van der Waals surface area contributed by atoms with Crippen LogP contribution in [0.15, 0.2) is 41.4 Å². The Labute approximate surface area is 140 Å². The summed E-state index contributed by atoms with van der Waals surface area (Å²) in [6.07, 6.45) is 3.71. The molecule has 118 valence electrons. The van der Waals surface area contributed by atoms with E-state index >= 15 is 0 Å². The van der Waals surface area contributed by atoms with Gasteiger partial charge in [0.15, 0.2) is 11.5 Å². The maximum Gasteiger partial charge on any atom is 0.339 e. The van der Waals surface area contributed by atoms with Crippen molar-refractivity contribution < 1.29 is 9.53 Å². The Balaban J connectivity index is 1.56. The molecule has 23 heavy (non-hydrogen) atoms. The zero-order chi connectivity index (χ0) is 16.2. The van der Waals surface area contributed by atoms with Crippen molar-refractivity contribution in [3.63, 3.8) is 0 Å². The van der Waals surface area contributed by atoms with Gasteiger partial charge in [0, 0.05) is 11.0 Å². The molecule has 3 aromatic rings. The van der Waals surface area contributed by atoms with Crippen LogP contribution in [0.25, 0.3) is 11.2 Å². The summed E-state index contributed by atoms with van der Waals surface area (Å²) in [5, 5.41) is 0. The minimum Gasteiger partial charge on any atom is -0.462 e. The third-order valence-corrected chi connectivity index (χ3v) is 3.99. The zero-order valence-electron chi connectivity index (χ0n) is 12.1. The van der Waals surface area contributed by atoms with E-state index in [0.717, 1.165) is 4.47 Å². The lowest BCUT2D eigenvalue weighted by Gasteiger charge is -2.07. The number of esters is 1. The Morgan fingerprint density at radius 2 is 2.09 bits per heavy atom. The molecule has 0 fully saturated rings. The number of carbonyl (C=O) groups excluding carboxylic acids is 1. The number of rotatable bonds is 5. The highest BCUT2D eigenvalue weighted by molar-refractivity contribution is 9.10. The van der Waals surface area contributed by atoms with Crippen molar-refractivity contribution in [1.82, 2.24) is 19.5 Å². The second kappa shape index (κ2) is 6.74. The number of halogens is 1. The van der Waals surface area contributed by atoms with Gasteiger partial charge in [0.1, 0.15) is 11.8 Å². The number of hydrogen-bond donors (Lipinski definition) is 1. The Hall–Kier alpha value is -2.48. The predicted octanol–water partition coefficient (Wildman–Crippen LogP) is 2.42. The van der Waals surface area contributed by atoms with Crippen LogP contribution in [0.2, 0.25) is 0 Å². The third kappa shape index (κ3) is 3.31. The van der Waals surface area contributed by atoms with Crippen LogP contribution in [0, 0.1) is 0 Å². The molecular formula is C15H14BrN5O2. The number of nitrogens with two attached hydrogens (primary N) is 1. The summed E-state index contributed by atoms with van der Waals surface area (Å²) in [5.41, 5.74) is 7.51. The Kier molecular flexibility index (Phi) is 4.52. The first kappa shape index (κ1) is 15.4. The van der Waals surface area contributed by atoms with Gasteiger partial charge in [-0.1, -0.05) is 12.1 Å². The second-order valence-corrected chi connectivity index (χ2v) is 5.69. The van der Waals surface area contributed by atoms with E-state index in [1.807, 2.05) is 10.6 Å². The molecule has 0 aliphatic heterocycles. The highest BCUT2D eigenvalue weighted by Crippen LogP contribution is 2.17. The van der Waals surface area contributed by atoms with Crippen LogP contribution in [-0.4, -0.2) is 32.1 Å². The van der Waals surface area contributed by atoms with Crippen molar-refractivity contribution in [2.75, 3.05) is 12.3 Å². The van der Waals surface area contributed by atoms with Gasteiger partial charge in [0.2, 0.25) is 0 Å². The van der Waals surface area contributed by atoms with Crippen molar-refractivity contribution in [1.29, 1.82) is 0 Å². The van der Waals surface area contributed by atoms with Crippen molar-refractivity contribution in [2.45, 2.75) is 13.0 Å². The number of nitrogen functional groups attached to an aromatic ring is 1. The standard InChI is InChI=1S/C15H14BrN5O2/c16-11-5-2-1-4-10(11)15(22)23-7-3-6-21-9-20-12-13(17)18-8-19-14(12)21/h1-2,4-5,8-9H,3,6-7H2,(H2,17,18,19). The number of anilines is 1. The molecule has 0 saturated carbocycles. The molecule has 0 saturated heterocycles. The molecule has 2 aromatic heterocycles. The molecule has 0 bridgehead atoms. The lowest BCUT2D eigenvalue weighted by molar-refractivity contribution is 0.0495. The number of nitrogens with zero attached hydrogens (tertiary/aromatic N) is 4. The van der Waals surface area contributed by atoms with Crippen LogP contribution in [-0.2, 0) is 11.3 Å². The molecule has 3 rings (SSSR count). The monoisotopic (exact) mass is 375 g/mol. The van der Waals surface area contributed by atoms with E-state index in [2.05, 4.69) is 30.9 Å². The summed E-state index contributed by atoms with van der Waals surface area (Å²) < 4.78 is 7.86. The minimum absolute atomic E-state index is 0.306. The fourth-order valence-corrected chi connectivity index (χ4v) is 2.61. The van der Waals surface area contributed by atoms with E-state index in [1.165, 1.54) is 6.33 Å². The van der Waals surface area contributed by atoms with Crippen LogP contribution in [0.4, 0.5) is 5.82 Å². The third-order valence-electron chi connectivity index (χ3n) is 3.30. The van der Waals surface area contributed by atoms with Gasteiger partial charge >= 0.3 is 5.97 Å². The minimum atomic E-state index is -0.348. The molecule has 0 amide bonds. The summed E-state index contributed by atoms with van der Waals surface area (Å²) in [4.78, 5) is 24.2. The first-order valence-electron chi connectivity index (χ1n) is 7.00. The SMILES string of the molecule is Nc1ncnc2c1ncn2CCCOC(=O)c1ccccc1Br. The van der Waals surface area contributed by atoms with E-state index < -0.39 is 0 Å². The molecule has 0 aliphatic rings. The molecule has 1 aromatic carbocycles. The van der Waals surface area contributed by atoms with Gasteiger partial charge in [-0.25, -0.2) is 19.7 Å². The van der Waals surface area contributed by atoms with Gasteiger partial charge in [-0.05, 0) is 34.5 Å². The maximum atomic E-state index is 12.0. The van der Waals surface area contributed by atoms with Gasteiger partial charge in [0.25, 0.3) is 0 Å². The molecule has 0 unspecified atom stereocenters. The summed E-state index contributed by atoms with van der Waals surface area (Å²) in [5.74, 6) is 0.00800. The molecule has 7 nitrogen and oxygen atoms in total. The maximum absolute atomic E-state index is 12.0. The van der Waals surface area contributed by atoms with Crippen LogP contribution in [0.1, 0.15) is 16.8 Å². The van der Waals surface area contributed by atoms with E-state index in [4.69, 9.17) is 10.5 Å². The first-order chi connectivity index (χ1) is 11.2. The molecule has 8 heteroatoms. The fraction of sp³-hybridized carbons (Fsp3) is 0.200. The topological polar surface area (TPSA) is 95.9 Å². The number of hydrogen-bond acceptors (Lipinski definition) is 6. The molecule has 0 radical (unpaired) electrons. The number of fused-ring (bicyclic) bond motifs is 1. The Bertz CT molecular complexity index is 849. The number of aromatic nitrogens is 4. The number of aryl methyl sites for hydroxylation is 1. The van der Waals surface area contributed by atoms with Gasteiger partial charge in [-0.15, -0.1) is 0 Å². The van der Waals surface area contributed by atoms with Crippen molar-refractivity contribution >= 4 is 38.9 Å². The van der Waals surface area contributed by atoms with E-state index in [0.29, 0.717) is 42.1 Å². The molecule has 0 aliphatic carbocycles.